The zero-order valence-corrected chi connectivity index (χ0v) is 17.2. The molecule has 0 spiro atoms. The molecule has 2 atom stereocenters. The molecule has 0 aliphatic heterocycles. The lowest BCUT2D eigenvalue weighted by Crippen LogP contribution is -2.46. The minimum atomic E-state index is -0.462. The predicted octanol–water partition coefficient (Wildman–Crippen LogP) is 4.10. The molecule has 30 heavy (non-hydrogen) atoms. The van der Waals surface area contributed by atoms with Crippen LogP contribution in [0.4, 0.5) is 15.3 Å². The van der Waals surface area contributed by atoms with Crippen LogP contribution in [0.15, 0.2) is 54.6 Å². The fourth-order valence-corrected chi connectivity index (χ4v) is 3.55. The first-order chi connectivity index (χ1) is 14.6. The number of para-hydroxylation sites is 1. The summed E-state index contributed by atoms with van der Waals surface area (Å²) in [6, 6.07) is 16.8. The third-order valence-corrected chi connectivity index (χ3v) is 5.11. The highest BCUT2D eigenvalue weighted by Gasteiger charge is 2.26. The fraction of sp³-hybridized carbons (Fsp3) is 0.391. The molecule has 7 heteroatoms. The topological polar surface area (TPSA) is 88.7 Å². The summed E-state index contributed by atoms with van der Waals surface area (Å²) in [4.78, 5) is 24.3. The van der Waals surface area contributed by atoms with Gasteiger partial charge in [-0.1, -0.05) is 30.3 Å². The molecule has 3 N–H and O–H groups in total. The summed E-state index contributed by atoms with van der Waals surface area (Å²) < 4.78 is 10.7. The lowest BCUT2D eigenvalue weighted by molar-refractivity contribution is 0.0776. The summed E-state index contributed by atoms with van der Waals surface area (Å²) in [6.45, 7) is 0.546. The maximum Gasteiger partial charge on any atom is 0.411 e. The average molecular weight is 412 g/mol. The Kier molecular flexibility index (Phi) is 7.94. The van der Waals surface area contributed by atoms with E-state index in [2.05, 4.69) is 16.0 Å². The van der Waals surface area contributed by atoms with Crippen molar-refractivity contribution in [1.29, 1.82) is 0 Å². The maximum absolute atomic E-state index is 12.2. The molecule has 1 saturated carbocycles. The van der Waals surface area contributed by atoms with Crippen LogP contribution < -0.4 is 20.7 Å². The van der Waals surface area contributed by atoms with Gasteiger partial charge in [-0.3, -0.25) is 5.32 Å². The SMILES string of the molecule is COc1ccc(CCNC(=O)N[C@H]2CCC[C@H](OC(=O)Nc3ccccc3)C2)cc1. The van der Waals surface area contributed by atoms with Crippen LogP contribution in [-0.4, -0.2) is 37.9 Å². The molecule has 2 aromatic rings. The molecule has 0 heterocycles. The van der Waals surface area contributed by atoms with E-state index in [9.17, 15) is 9.59 Å². The number of nitrogens with one attached hydrogen (secondary N) is 3. The Labute approximate surface area is 177 Å². The van der Waals surface area contributed by atoms with Crippen molar-refractivity contribution in [3.63, 3.8) is 0 Å². The van der Waals surface area contributed by atoms with Gasteiger partial charge >= 0.3 is 12.1 Å². The van der Waals surface area contributed by atoms with Gasteiger partial charge < -0.3 is 20.1 Å². The van der Waals surface area contributed by atoms with Crippen LogP contribution in [-0.2, 0) is 11.2 Å². The first kappa shape index (κ1) is 21.5. The number of ether oxygens (including phenoxy) is 2. The average Bonchev–Trinajstić information content (AvgIpc) is 2.75. The van der Waals surface area contributed by atoms with Crippen LogP contribution in [0.3, 0.4) is 0 Å². The second-order valence-corrected chi connectivity index (χ2v) is 7.38. The molecule has 7 nitrogen and oxygen atoms in total. The highest BCUT2D eigenvalue weighted by atomic mass is 16.6. The molecule has 3 amide bonds. The normalized spacial score (nSPS) is 18.2. The number of urea groups is 1. The number of hydrogen-bond acceptors (Lipinski definition) is 4. The number of carbonyl (C=O) groups is 2. The second-order valence-electron chi connectivity index (χ2n) is 7.38. The number of anilines is 1. The highest BCUT2D eigenvalue weighted by molar-refractivity contribution is 5.84. The smallest absolute Gasteiger partial charge is 0.411 e. The van der Waals surface area contributed by atoms with Gasteiger partial charge in [-0.15, -0.1) is 0 Å². The van der Waals surface area contributed by atoms with Crippen molar-refractivity contribution in [3.8, 4) is 5.75 Å². The molecule has 1 aliphatic rings. The first-order valence-electron chi connectivity index (χ1n) is 10.3. The molecular formula is C23H29N3O4. The van der Waals surface area contributed by atoms with Crippen LogP contribution >= 0.6 is 0 Å². The lowest BCUT2D eigenvalue weighted by Gasteiger charge is -2.29. The number of rotatable bonds is 7. The molecule has 160 valence electrons. The third-order valence-electron chi connectivity index (χ3n) is 5.11. The Morgan fingerprint density at radius 2 is 1.80 bits per heavy atom. The Bertz CT molecular complexity index is 811. The van der Waals surface area contributed by atoms with E-state index in [0.29, 0.717) is 18.7 Å². The number of hydrogen-bond donors (Lipinski definition) is 3. The van der Waals surface area contributed by atoms with Crippen molar-refractivity contribution in [2.45, 2.75) is 44.2 Å². The fourth-order valence-electron chi connectivity index (χ4n) is 3.55. The van der Waals surface area contributed by atoms with E-state index in [4.69, 9.17) is 9.47 Å². The van der Waals surface area contributed by atoms with Crippen LogP contribution in [0, 0.1) is 0 Å². The Morgan fingerprint density at radius 1 is 1.03 bits per heavy atom. The van der Waals surface area contributed by atoms with E-state index < -0.39 is 6.09 Å². The van der Waals surface area contributed by atoms with Gasteiger partial charge in [0.1, 0.15) is 11.9 Å². The van der Waals surface area contributed by atoms with Crippen molar-refractivity contribution in [2.75, 3.05) is 19.0 Å². The quantitative estimate of drug-likeness (QED) is 0.640. The summed E-state index contributed by atoms with van der Waals surface area (Å²) in [5.74, 6) is 0.816. The molecule has 3 rings (SSSR count). The van der Waals surface area contributed by atoms with Crippen LogP contribution in [0.25, 0.3) is 0 Å². The van der Waals surface area contributed by atoms with Gasteiger partial charge in [0.2, 0.25) is 0 Å². The number of methoxy groups -OCH3 is 1. The van der Waals surface area contributed by atoms with E-state index in [1.807, 2.05) is 54.6 Å². The molecule has 0 saturated heterocycles. The molecule has 0 radical (unpaired) electrons. The second kappa shape index (κ2) is 11.1. The van der Waals surface area contributed by atoms with E-state index in [-0.39, 0.29) is 18.2 Å². The van der Waals surface area contributed by atoms with Gasteiger partial charge in [-0.25, -0.2) is 9.59 Å². The van der Waals surface area contributed by atoms with Gasteiger partial charge in [0.05, 0.1) is 7.11 Å². The van der Waals surface area contributed by atoms with Crippen molar-refractivity contribution in [3.05, 3.63) is 60.2 Å². The molecule has 0 bridgehead atoms. The van der Waals surface area contributed by atoms with Gasteiger partial charge in [-0.2, -0.15) is 0 Å². The minimum Gasteiger partial charge on any atom is -0.497 e. The summed E-state index contributed by atoms with van der Waals surface area (Å²) in [5.41, 5.74) is 1.83. The third kappa shape index (κ3) is 6.99. The van der Waals surface area contributed by atoms with Gasteiger partial charge in [0.15, 0.2) is 0 Å². The Hall–Kier alpha value is -3.22. The van der Waals surface area contributed by atoms with Crippen molar-refractivity contribution < 1.29 is 19.1 Å². The summed E-state index contributed by atoms with van der Waals surface area (Å²) in [5, 5.41) is 8.62. The van der Waals surface area contributed by atoms with Gasteiger partial charge in [0, 0.05) is 24.7 Å². The van der Waals surface area contributed by atoms with E-state index >= 15 is 0 Å². The molecule has 0 unspecified atom stereocenters. The van der Waals surface area contributed by atoms with Crippen molar-refractivity contribution in [2.24, 2.45) is 0 Å². The molecular weight excluding hydrogens is 382 g/mol. The molecule has 1 aliphatic carbocycles. The first-order valence-corrected chi connectivity index (χ1v) is 10.3. The minimum absolute atomic E-state index is 0.00531. The summed E-state index contributed by atoms with van der Waals surface area (Å²) >= 11 is 0. The van der Waals surface area contributed by atoms with Crippen molar-refractivity contribution in [1.82, 2.24) is 10.6 Å². The van der Waals surface area contributed by atoms with E-state index in [1.165, 1.54) is 0 Å². The number of amides is 3. The van der Waals surface area contributed by atoms with E-state index in [1.54, 1.807) is 7.11 Å². The largest absolute Gasteiger partial charge is 0.497 e. The monoisotopic (exact) mass is 411 g/mol. The zero-order valence-electron chi connectivity index (χ0n) is 17.2. The van der Waals surface area contributed by atoms with Crippen LogP contribution in [0.1, 0.15) is 31.2 Å². The van der Waals surface area contributed by atoms with Crippen LogP contribution in [0.2, 0.25) is 0 Å². The molecule has 0 aromatic heterocycles. The Balaban J connectivity index is 1.36. The molecule has 2 aromatic carbocycles. The van der Waals surface area contributed by atoms with Crippen molar-refractivity contribution >= 4 is 17.8 Å². The summed E-state index contributed by atoms with van der Waals surface area (Å²) in [6.07, 6.45) is 3.29. The molecule has 1 fully saturated rings. The standard InChI is InChI=1S/C23H29N3O4/c1-29-20-12-10-17(11-13-20)14-15-24-22(27)25-19-8-5-9-21(16-19)30-23(28)26-18-6-3-2-4-7-18/h2-4,6-7,10-13,19,21H,5,8-9,14-16H2,1H3,(H,26,28)(H2,24,25,27)/t19-,21-/m0/s1. The van der Waals surface area contributed by atoms with Gasteiger partial charge in [0.25, 0.3) is 0 Å². The van der Waals surface area contributed by atoms with E-state index in [0.717, 1.165) is 37.0 Å². The lowest BCUT2D eigenvalue weighted by atomic mass is 9.93. The number of carbonyl (C=O) groups excluding carboxylic acids is 2. The summed E-state index contributed by atoms with van der Waals surface area (Å²) in [7, 11) is 1.64. The highest BCUT2D eigenvalue weighted by Crippen LogP contribution is 2.22. The number of benzene rings is 2. The zero-order chi connectivity index (χ0) is 21.2. The Morgan fingerprint density at radius 3 is 2.53 bits per heavy atom. The maximum atomic E-state index is 12.2. The van der Waals surface area contributed by atoms with Gasteiger partial charge in [-0.05, 0) is 55.5 Å². The predicted molar refractivity (Wildman–Crippen MR) is 116 cm³/mol. The van der Waals surface area contributed by atoms with Crippen LogP contribution in [0.5, 0.6) is 5.75 Å².